The molecule has 0 saturated carbocycles. The van der Waals surface area contributed by atoms with Gasteiger partial charge in [-0.3, -0.25) is 0 Å². The number of thioether (sulfide) groups is 1. The van der Waals surface area contributed by atoms with Gasteiger partial charge in [0.2, 0.25) is 0 Å². The van der Waals surface area contributed by atoms with Crippen molar-refractivity contribution >= 4 is 11.8 Å². The van der Waals surface area contributed by atoms with E-state index in [-0.39, 0.29) is 0 Å². The van der Waals surface area contributed by atoms with Gasteiger partial charge in [0.05, 0.1) is 12.6 Å². The minimum Gasteiger partial charge on any atom is -0.493 e. The molecule has 19 heavy (non-hydrogen) atoms. The van der Waals surface area contributed by atoms with Gasteiger partial charge in [0.1, 0.15) is 18.1 Å². The summed E-state index contributed by atoms with van der Waals surface area (Å²) in [5.74, 6) is 3.02. The maximum Gasteiger partial charge on any atom is 0.127 e. The molecule has 0 saturated heterocycles. The third kappa shape index (κ3) is 4.05. The fraction of sp³-hybridized carbons (Fsp3) is 0.600. The molecule has 1 aliphatic heterocycles. The van der Waals surface area contributed by atoms with Crippen molar-refractivity contribution in [3.8, 4) is 11.5 Å². The summed E-state index contributed by atoms with van der Waals surface area (Å²) in [7, 11) is 0. The Balaban J connectivity index is 1.89. The molecule has 0 aromatic heterocycles. The van der Waals surface area contributed by atoms with Gasteiger partial charge in [-0.15, -0.1) is 0 Å². The lowest BCUT2D eigenvalue weighted by Gasteiger charge is -2.11. The van der Waals surface area contributed by atoms with E-state index in [1.165, 1.54) is 5.56 Å². The molecule has 3 nitrogen and oxygen atoms in total. The summed E-state index contributed by atoms with van der Waals surface area (Å²) < 4.78 is 11.5. The minimum absolute atomic E-state index is 0.334. The van der Waals surface area contributed by atoms with Crippen molar-refractivity contribution in [3.05, 3.63) is 23.8 Å². The van der Waals surface area contributed by atoms with Crippen molar-refractivity contribution in [3.63, 3.8) is 0 Å². The molecule has 0 amide bonds. The minimum atomic E-state index is 0.334. The van der Waals surface area contributed by atoms with Crippen LogP contribution in [0, 0.1) is 0 Å². The van der Waals surface area contributed by atoms with Gasteiger partial charge in [0.25, 0.3) is 0 Å². The summed E-state index contributed by atoms with van der Waals surface area (Å²) in [4.78, 5) is 0. The van der Waals surface area contributed by atoms with Crippen LogP contribution in [0.5, 0.6) is 11.5 Å². The zero-order chi connectivity index (χ0) is 13.5. The molecule has 1 atom stereocenters. The number of ether oxygens (including phenoxy) is 2. The lowest BCUT2D eigenvalue weighted by Crippen LogP contribution is -2.22. The average Bonchev–Trinajstić information content (AvgIpc) is 2.84. The first-order chi connectivity index (χ1) is 9.35. The number of fused-ring (bicyclic) bond motifs is 1. The quantitative estimate of drug-likeness (QED) is 0.741. The largest absolute Gasteiger partial charge is 0.493 e. The van der Waals surface area contributed by atoms with Gasteiger partial charge >= 0.3 is 0 Å². The summed E-state index contributed by atoms with van der Waals surface area (Å²) in [5, 5.41) is 3.50. The Morgan fingerprint density at radius 2 is 2.37 bits per heavy atom. The Hall–Kier alpha value is -0.870. The van der Waals surface area contributed by atoms with E-state index in [1.54, 1.807) is 0 Å². The van der Waals surface area contributed by atoms with Gasteiger partial charge in [-0.25, -0.2) is 0 Å². The molecular weight excluding hydrogens is 258 g/mol. The molecule has 1 N–H and O–H groups in total. The highest BCUT2D eigenvalue weighted by atomic mass is 32.2. The van der Waals surface area contributed by atoms with Crippen molar-refractivity contribution in [1.29, 1.82) is 0 Å². The highest BCUT2D eigenvalue weighted by Crippen LogP contribution is 2.35. The van der Waals surface area contributed by atoms with Crippen LogP contribution in [-0.4, -0.2) is 31.8 Å². The fourth-order valence-corrected chi connectivity index (χ4v) is 2.57. The van der Waals surface area contributed by atoms with Gasteiger partial charge in [-0.1, -0.05) is 6.92 Å². The first-order valence-electron chi connectivity index (χ1n) is 6.97. The number of hydrogen-bond donors (Lipinski definition) is 1. The summed E-state index contributed by atoms with van der Waals surface area (Å²) in [6.07, 6.45) is 4.34. The lowest BCUT2D eigenvalue weighted by atomic mass is 10.1. The molecule has 0 bridgehead atoms. The van der Waals surface area contributed by atoms with Crippen LogP contribution in [0.1, 0.15) is 31.4 Å². The normalized spacial score (nSPS) is 17.1. The third-order valence-electron chi connectivity index (χ3n) is 3.17. The molecule has 1 aromatic rings. The smallest absolute Gasteiger partial charge is 0.127 e. The first-order valence-corrected chi connectivity index (χ1v) is 8.36. The summed E-state index contributed by atoms with van der Waals surface area (Å²) >= 11 is 1.85. The second-order valence-electron chi connectivity index (χ2n) is 4.71. The zero-order valence-electron chi connectivity index (χ0n) is 11.8. The van der Waals surface area contributed by atoms with E-state index in [2.05, 4.69) is 24.6 Å². The molecule has 0 fully saturated rings. The van der Waals surface area contributed by atoms with E-state index in [0.29, 0.717) is 6.04 Å². The molecule has 2 rings (SSSR count). The van der Waals surface area contributed by atoms with Crippen LogP contribution in [0.15, 0.2) is 18.2 Å². The van der Waals surface area contributed by atoms with Gasteiger partial charge in [-0.2, -0.15) is 11.8 Å². The third-order valence-corrected chi connectivity index (χ3v) is 3.87. The second-order valence-corrected chi connectivity index (χ2v) is 5.70. The van der Waals surface area contributed by atoms with E-state index < -0.39 is 0 Å². The number of benzene rings is 1. The summed E-state index contributed by atoms with van der Waals surface area (Å²) in [6.45, 7) is 4.71. The molecule has 1 unspecified atom stereocenters. The summed E-state index contributed by atoms with van der Waals surface area (Å²) in [6, 6.07) is 6.52. The van der Waals surface area contributed by atoms with Crippen LogP contribution in [0.4, 0.5) is 0 Å². The van der Waals surface area contributed by atoms with Crippen LogP contribution in [0.25, 0.3) is 0 Å². The number of nitrogens with one attached hydrogen (secondary N) is 1. The van der Waals surface area contributed by atoms with E-state index >= 15 is 0 Å². The van der Waals surface area contributed by atoms with Crippen molar-refractivity contribution < 1.29 is 9.47 Å². The van der Waals surface area contributed by atoms with E-state index in [0.717, 1.165) is 49.9 Å². The Kier molecular flexibility index (Phi) is 5.86. The standard InChI is InChI=1S/C15H23NO2S/c1-3-7-16-14-11-18-15-10-12(5-6-13(14)15)17-8-4-9-19-2/h5-6,10,14,16H,3-4,7-9,11H2,1-2H3. The van der Waals surface area contributed by atoms with E-state index in [1.807, 2.05) is 23.9 Å². The number of rotatable bonds is 8. The molecule has 106 valence electrons. The van der Waals surface area contributed by atoms with Crippen LogP contribution >= 0.6 is 11.8 Å². The monoisotopic (exact) mass is 281 g/mol. The van der Waals surface area contributed by atoms with E-state index in [4.69, 9.17) is 9.47 Å². The lowest BCUT2D eigenvalue weighted by molar-refractivity contribution is 0.303. The summed E-state index contributed by atoms with van der Waals surface area (Å²) in [5.41, 5.74) is 1.25. The predicted molar refractivity (Wildman–Crippen MR) is 81.5 cm³/mol. The van der Waals surface area contributed by atoms with Crippen LogP contribution in [0.2, 0.25) is 0 Å². The van der Waals surface area contributed by atoms with Crippen molar-refractivity contribution in [2.24, 2.45) is 0 Å². The van der Waals surface area contributed by atoms with Crippen molar-refractivity contribution in [1.82, 2.24) is 5.32 Å². The van der Waals surface area contributed by atoms with Crippen LogP contribution in [-0.2, 0) is 0 Å². The average molecular weight is 281 g/mol. The van der Waals surface area contributed by atoms with Crippen molar-refractivity contribution in [2.75, 3.05) is 31.8 Å². The molecule has 0 aliphatic carbocycles. The number of hydrogen-bond acceptors (Lipinski definition) is 4. The predicted octanol–water partition coefficient (Wildman–Crippen LogP) is 3.25. The van der Waals surface area contributed by atoms with Crippen molar-refractivity contribution in [2.45, 2.75) is 25.8 Å². The molecule has 1 heterocycles. The molecule has 1 aromatic carbocycles. The zero-order valence-corrected chi connectivity index (χ0v) is 12.6. The Bertz CT molecular complexity index is 398. The Morgan fingerprint density at radius 3 is 3.16 bits per heavy atom. The van der Waals surface area contributed by atoms with Gasteiger partial charge in [-0.05, 0) is 43.5 Å². The van der Waals surface area contributed by atoms with Gasteiger partial charge < -0.3 is 14.8 Å². The first kappa shape index (κ1) is 14.5. The van der Waals surface area contributed by atoms with Crippen LogP contribution < -0.4 is 14.8 Å². The maximum absolute atomic E-state index is 5.74. The maximum atomic E-state index is 5.74. The molecule has 0 radical (unpaired) electrons. The van der Waals surface area contributed by atoms with E-state index in [9.17, 15) is 0 Å². The van der Waals surface area contributed by atoms with Gasteiger partial charge in [0, 0.05) is 11.6 Å². The SMILES string of the molecule is CCCNC1COc2cc(OCCCSC)ccc21. The molecular formula is C15H23NO2S. The molecule has 0 spiro atoms. The molecule has 1 aliphatic rings. The fourth-order valence-electron chi connectivity index (χ4n) is 2.16. The second kappa shape index (κ2) is 7.65. The van der Waals surface area contributed by atoms with Crippen LogP contribution in [0.3, 0.4) is 0 Å². The Morgan fingerprint density at radius 1 is 1.47 bits per heavy atom. The topological polar surface area (TPSA) is 30.5 Å². The highest BCUT2D eigenvalue weighted by Gasteiger charge is 2.23. The Labute approximate surface area is 120 Å². The highest BCUT2D eigenvalue weighted by molar-refractivity contribution is 7.98. The molecule has 4 heteroatoms. The van der Waals surface area contributed by atoms with Gasteiger partial charge in [0.15, 0.2) is 0 Å².